The van der Waals surface area contributed by atoms with Gasteiger partial charge in [-0.1, -0.05) is 36.4 Å². The molecule has 0 aliphatic carbocycles. The van der Waals surface area contributed by atoms with Crippen LogP contribution in [-0.2, 0) is 6.42 Å². The Hall–Kier alpha value is -2.66. The van der Waals surface area contributed by atoms with Crippen molar-refractivity contribution < 1.29 is 14.7 Å². The number of Topliss-reactive ketones (excluding diaryl/α,β-unsaturated/α-hetero) is 1. The van der Waals surface area contributed by atoms with Crippen molar-refractivity contribution in [1.29, 1.82) is 0 Å². The van der Waals surface area contributed by atoms with Crippen LogP contribution >= 0.6 is 0 Å². The molecule has 0 spiro atoms. The van der Waals surface area contributed by atoms with Crippen molar-refractivity contribution in [3.63, 3.8) is 0 Å². The van der Waals surface area contributed by atoms with Gasteiger partial charge in [0.15, 0.2) is 5.78 Å². The van der Waals surface area contributed by atoms with Gasteiger partial charge in [0.05, 0.1) is 17.7 Å². The highest BCUT2D eigenvalue weighted by Crippen LogP contribution is 2.22. The quantitative estimate of drug-likeness (QED) is 0.649. The summed E-state index contributed by atoms with van der Waals surface area (Å²) in [6.07, 6.45) is 1.82. The molecule has 0 aromatic heterocycles. The summed E-state index contributed by atoms with van der Waals surface area (Å²) in [7, 11) is 0. The zero-order valence-corrected chi connectivity index (χ0v) is 13.7. The molecule has 2 rings (SSSR count). The standard InChI is InChI=1S/C19H22N2O3/c1-13(10-11-14-6-3-2-4-7-14)21-12-17(22)15-8-5-9-16(18(15)23)19(20)24/h2-9,13,21,23H,10-12H2,1H3,(H2,20,24)/t13-/m1/s1. The minimum Gasteiger partial charge on any atom is -0.506 e. The van der Waals surface area contributed by atoms with Crippen LogP contribution in [0.1, 0.15) is 39.6 Å². The summed E-state index contributed by atoms with van der Waals surface area (Å²) in [6, 6.07) is 14.7. The molecule has 0 aliphatic heterocycles. The van der Waals surface area contributed by atoms with Crippen LogP contribution < -0.4 is 11.1 Å². The van der Waals surface area contributed by atoms with Crippen LogP contribution in [0.2, 0.25) is 0 Å². The van der Waals surface area contributed by atoms with Gasteiger partial charge in [-0.25, -0.2) is 0 Å². The van der Waals surface area contributed by atoms with Crippen LogP contribution in [0.25, 0.3) is 0 Å². The summed E-state index contributed by atoms with van der Waals surface area (Å²) in [5, 5.41) is 13.1. The highest BCUT2D eigenvalue weighted by atomic mass is 16.3. The largest absolute Gasteiger partial charge is 0.506 e. The van der Waals surface area contributed by atoms with E-state index in [1.807, 2.05) is 25.1 Å². The molecule has 126 valence electrons. The molecule has 24 heavy (non-hydrogen) atoms. The number of amides is 1. The number of phenols is 1. The van der Waals surface area contributed by atoms with Gasteiger partial charge in [-0.3, -0.25) is 9.59 Å². The first-order valence-corrected chi connectivity index (χ1v) is 7.91. The van der Waals surface area contributed by atoms with Gasteiger partial charge >= 0.3 is 0 Å². The van der Waals surface area contributed by atoms with Gasteiger partial charge in [-0.05, 0) is 37.5 Å². The predicted octanol–water partition coefficient (Wildman–Crippen LogP) is 2.28. The average Bonchev–Trinajstić information content (AvgIpc) is 2.58. The number of nitrogens with one attached hydrogen (secondary N) is 1. The number of primary amides is 1. The second-order valence-corrected chi connectivity index (χ2v) is 5.80. The monoisotopic (exact) mass is 326 g/mol. The summed E-state index contributed by atoms with van der Waals surface area (Å²) < 4.78 is 0. The average molecular weight is 326 g/mol. The normalized spacial score (nSPS) is 11.9. The maximum absolute atomic E-state index is 12.2. The maximum atomic E-state index is 12.2. The van der Waals surface area contributed by atoms with Crippen LogP contribution in [0.15, 0.2) is 48.5 Å². The molecule has 0 bridgehead atoms. The molecule has 0 unspecified atom stereocenters. The van der Waals surface area contributed by atoms with E-state index in [1.165, 1.54) is 23.8 Å². The Morgan fingerprint density at radius 1 is 1.08 bits per heavy atom. The molecular weight excluding hydrogens is 304 g/mol. The number of para-hydroxylation sites is 1. The van der Waals surface area contributed by atoms with Crippen molar-refractivity contribution in [2.24, 2.45) is 5.73 Å². The Balaban J connectivity index is 1.89. The van der Waals surface area contributed by atoms with Crippen molar-refractivity contribution in [3.05, 3.63) is 65.2 Å². The lowest BCUT2D eigenvalue weighted by atomic mass is 10.0. The van der Waals surface area contributed by atoms with Gasteiger partial charge in [0.25, 0.3) is 5.91 Å². The third kappa shape index (κ3) is 4.67. The van der Waals surface area contributed by atoms with E-state index in [2.05, 4.69) is 17.4 Å². The number of carbonyl (C=O) groups is 2. The van der Waals surface area contributed by atoms with E-state index in [9.17, 15) is 14.7 Å². The maximum Gasteiger partial charge on any atom is 0.252 e. The van der Waals surface area contributed by atoms with Crippen LogP contribution in [0.3, 0.4) is 0 Å². The molecule has 2 aromatic carbocycles. The number of hydrogen-bond donors (Lipinski definition) is 3. The summed E-state index contributed by atoms with van der Waals surface area (Å²) in [6.45, 7) is 2.10. The highest BCUT2D eigenvalue weighted by molar-refractivity contribution is 6.05. The summed E-state index contributed by atoms with van der Waals surface area (Å²) in [5.74, 6) is -1.39. The van der Waals surface area contributed by atoms with E-state index in [0.717, 1.165) is 12.8 Å². The molecule has 1 amide bonds. The first kappa shape index (κ1) is 17.7. The Kier molecular flexibility index (Phi) is 6.09. The van der Waals surface area contributed by atoms with E-state index in [-0.39, 0.29) is 35.2 Å². The SMILES string of the molecule is C[C@H](CCc1ccccc1)NCC(=O)c1cccc(C(N)=O)c1O. The molecule has 0 saturated carbocycles. The molecule has 1 atom stereocenters. The molecule has 0 aliphatic rings. The number of rotatable bonds is 8. The van der Waals surface area contributed by atoms with Crippen LogP contribution in [-0.4, -0.2) is 29.4 Å². The first-order valence-electron chi connectivity index (χ1n) is 7.91. The second-order valence-electron chi connectivity index (χ2n) is 5.80. The van der Waals surface area contributed by atoms with Crippen molar-refractivity contribution in [2.45, 2.75) is 25.8 Å². The summed E-state index contributed by atoms with van der Waals surface area (Å²) in [5.41, 5.74) is 6.49. The lowest BCUT2D eigenvalue weighted by Crippen LogP contribution is -2.32. The number of ketones is 1. The number of aryl methyl sites for hydroxylation is 1. The zero-order valence-electron chi connectivity index (χ0n) is 13.7. The first-order chi connectivity index (χ1) is 11.5. The molecule has 5 heteroatoms. The van der Waals surface area contributed by atoms with Crippen molar-refractivity contribution in [3.8, 4) is 5.75 Å². The molecule has 2 aromatic rings. The lowest BCUT2D eigenvalue weighted by Gasteiger charge is -2.14. The smallest absolute Gasteiger partial charge is 0.252 e. The molecule has 0 heterocycles. The highest BCUT2D eigenvalue weighted by Gasteiger charge is 2.17. The minimum absolute atomic E-state index is 0.0435. The second kappa shape index (κ2) is 8.26. The van der Waals surface area contributed by atoms with Crippen molar-refractivity contribution in [1.82, 2.24) is 5.32 Å². The Labute approximate surface area is 141 Å². The summed E-state index contributed by atoms with van der Waals surface area (Å²) in [4.78, 5) is 23.5. The number of nitrogens with two attached hydrogens (primary N) is 1. The van der Waals surface area contributed by atoms with Crippen LogP contribution in [0.5, 0.6) is 5.75 Å². The van der Waals surface area contributed by atoms with Crippen LogP contribution in [0.4, 0.5) is 0 Å². The third-order valence-corrected chi connectivity index (χ3v) is 3.92. The number of aromatic hydroxyl groups is 1. The fraction of sp³-hybridized carbons (Fsp3) is 0.263. The third-order valence-electron chi connectivity index (χ3n) is 3.92. The van der Waals surface area contributed by atoms with Gasteiger partial charge in [0.1, 0.15) is 5.75 Å². The molecular formula is C19H22N2O3. The van der Waals surface area contributed by atoms with Gasteiger partial charge in [-0.2, -0.15) is 0 Å². The Morgan fingerprint density at radius 2 is 1.75 bits per heavy atom. The number of hydrogen-bond acceptors (Lipinski definition) is 4. The molecule has 0 fully saturated rings. The van der Waals surface area contributed by atoms with E-state index in [4.69, 9.17) is 5.73 Å². The fourth-order valence-electron chi connectivity index (χ4n) is 2.46. The van der Waals surface area contributed by atoms with Gasteiger partial charge in [-0.15, -0.1) is 0 Å². The molecule has 0 saturated heterocycles. The van der Waals surface area contributed by atoms with Gasteiger partial charge in [0, 0.05) is 6.04 Å². The van der Waals surface area contributed by atoms with E-state index >= 15 is 0 Å². The predicted molar refractivity (Wildman–Crippen MR) is 93.2 cm³/mol. The molecule has 0 radical (unpaired) electrons. The number of benzene rings is 2. The van der Waals surface area contributed by atoms with E-state index in [0.29, 0.717) is 0 Å². The number of carbonyl (C=O) groups excluding carboxylic acids is 2. The van der Waals surface area contributed by atoms with E-state index in [1.54, 1.807) is 0 Å². The molecule has 5 nitrogen and oxygen atoms in total. The van der Waals surface area contributed by atoms with Crippen molar-refractivity contribution >= 4 is 11.7 Å². The topological polar surface area (TPSA) is 92.4 Å². The van der Waals surface area contributed by atoms with E-state index < -0.39 is 5.91 Å². The Morgan fingerprint density at radius 3 is 2.42 bits per heavy atom. The minimum atomic E-state index is -0.758. The Bertz CT molecular complexity index is 714. The fourth-order valence-corrected chi connectivity index (χ4v) is 2.46. The van der Waals surface area contributed by atoms with Crippen LogP contribution in [0, 0.1) is 0 Å². The van der Waals surface area contributed by atoms with Gasteiger partial charge < -0.3 is 16.2 Å². The molecule has 4 N–H and O–H groups in total. The lowest BCUT2D eigenvalue weighted by molar-refractivity contribution is 0.0984. The van der Waals surface area contributed by atoms with Gasteiger partial charge in [0.2, 0.25) is 0 Å². The zero-order chi connectivity index (χ0) is 17.5. The summed E-state index contributed by atoms with van der Waals surface area (Å²) >= 11 is 0. The van der Waals surface area contributed by atoms with Crippen molar-refractivity contribution in [2.75, 3.05) is 6.54 Å².